The van der Waals surface area contributed by atoms with Crippen LogP contribution in [0.5, 0.6) is 0 Å². The summed E-state index contributed by atoms with van der Waals surface area (Å²) in [5.74, 6) is 0.686. The molecule has 0 aliphatic carbocycles. The Bertz CT molecular complexity index is 1140. The third-order valence-corrected chi connectivity index (χ3v) is 5.13. The molecule has 0 aliphatic rings. The number of benzene rings is 1. The van der Waals surface area contributed by atoms with Crippen LogP contribution in [0, 0.1) is 5.82 Å². The zero-order chi connectivity index (χ0) is 21.6. The first-order valence-corrected chi connectivity index (χ1v) is 11.2. The minimum absolute atomic E-state index is 0. The first-order chi connectivity index (χ1) is 14.3. The van der Waals surface area contributed by atoms with Crippen LogP contribution >= 0.6 is 24.0 Å². The van der Waals surface area contributed by atoms with E-state index in [0.717, 1.165) is 17.6 Å². The van der Waals surface area contributed by atoms with Crippen molar-refractivity contribution in [3.05, 3.63) is 77.8 Å². The van der Waals surface area contributed by atoms with E-state index < -0.39 is 15.7 Å². The van der Waals surface area contributed by atoms with Gasteiger partial charge in [0.25, 0.3) is 0 Å². The van der Waals surface area contributed by atoms with E-state index in [1.165, 1.54) is 18.2 Å². The molecule has 0 fully saturated rings. The summed E-state index contributed by atoms with van der Waals surface area (Å²) in [7, 11) is -1.61. The van der Waals surface area contributed by atoms with E-state index in [0.29, 0.717) is 23.6 Å². The van der Waals surface area contributed by atoms with Crippen LogP contribution in [-0.4, -0.2) is 42.2 Å². The van der Waals surface area contributed by atoms with Crippen molar-refractivity contribution in [2.45, 2.75) is 18.8 Å². The van der Waals surface area contributed by atoms with Gasteiger partial charge in [-0.1, -0.05) is 6.07 Å². The largest absolute Gasteiger partial charge is 0.352 e. The van der Waals surface area contributed by atoms with E-state index in [4.69, 9.17) is 0 Å². The van der Waals surface area contributed by atoms with Gasteiger partial charge in [-0.05, 0) is 41.0 Å². The highest BCUT2D eigenvalue weighted by Gasteiger charge is 2.11. The van der Waals surface area contributed by atoms with Gasteiger partial charge >= 0.3 is 0 Å². The molecule has 8 nitrogen and oxygen atoms in total. The number of guanidine groups is 1. The molecule has 1 aromatic carbocycles. The Kier molecular flexibility index (Phi) is 8.92. The molecule has 0 unspecified atom stereocenters. The van der Waals surface area contributed by atoms with Crippen LogP contribution in [0.15, 0.2) is 60.2 Å². The van der Waals surface area contributed by atoms with Crippen LogP contribution in [0.1, 0.15) is 16.7 Å². The number of rotatable bonds is 7. The van der Waals surface area contributed by atoms with Crippen LogP contribution in [0.4, 0.5) is 4.39 Å². The summed E-state index contributed by atoms with van der Waals surface area (Å²) < 4.78 is 38.8. The maximum Gasteiger partial charge on any atom is 0.191 e. The molecule has 0 atom stereocenters. The summed E-state index contributed by atoms with van der Waals surface area (Å²) in [6.07, 6.45) is 8.04. The number of halogens is 2. The number of aromatic nitrogens is 3. The second kappa shape index (κ2) is 11.2. The predicted octanol–water partition coefficient (Wildman–Crippen LogP) is 2.43. The van der Waals surface area contributed by atoms with E-state index in [2.05, 4.69) is 25.6 Å². The third-order valence-electron chi connectivity index (χ3n) is 4.29. The molecule has 0 saturated heterocycles. The Morgan fingerprint density at radius 2 is 1.90 bits per heavy atom. The molecule has 0 bridgehead atoms. The molecule has 2 heterocycles. The average Bonchev–Trinajstić information content (AvgIpc) is 3.24. The molecule has 3 aromatic rings. The predicted molar refractivity (Wildman–Crippen MR) is 129 cm³/mol. The Morgan fingerprint density at radius 1 is 1.13 bits per heavy atom. The summed E-state index contributed by atoms with van der Waals surface area (Å²) in [5, 5.41) is 6.28. The fraction of sp³-hybridized carbons (Fsp3) is 0.250. The van der Waals surface area contributed by atoms with Crippen molar-refractivity contribution < 1.29 is 12.8 Å². The van der Waals surface area contributed by atoms with Crippen molar-refractivity contribution in [2.75, 3.05) is 13.3 Å². The first-order valence-electron chi connectivity index (χ1n) is 9.17. The highest BCUT2D eigenvalue weighted by Crippen LogP contribution is 2.14. The van der Waals surface area contributed by atoms with Gasteiger partial charge < -0.3 is 10.6 Å². The van der Waals surface area contributed by atoms with Crippen molar-refractivity contribution >= 4 is 39.8 Å². The Morgan fingerprint density at radius 3 is 2.58 bits per heavy atom. The summed E-state index contributed by atoms with van der Waals surface area (Å²) in [5.41, 5.74) is 2.11. The van der Waals surface area contributed by atoms with E-state index >= 15 is 0 Å². The summed E-state index contributed by atoms with van der Waals surface area (Å²) in [6.45, 7) is 0.724. The smallest absolute Gasteiger partial charge is 0.191 e. The molecule has 0 radical (unpaired) electrons. The zero-order valence-corrected chi connectivity index (χ0v) is 20.3. The summed E-state index contributed by atoms with van der Waals surface area (Å²) >= 11 is 0. The standard InChI is InChI=1S/C20H23FN6O2S.HI/c1-22-20(25-11-15-5-6-24-19(9-15)27-8-7-23-14-27)26-12-17-10-18(21)4-3-16(17)13-30(2,28)29;/h3-10,14H,11-13H2,1-2H3,(H2,22,25,26);1H. The molecule has 0 aliphatic heterocycles. The topological polar surface area (TPSA) is 101 Å². The number of nitrogens with zero attached hydrogens (tertiary/aromatic N) is 4. The lowest BCUT2D eigenvalue weighted by atomic mass is 10.1. The van der Waals surface area contributed by atoms with Crippen molar-refractivity contribution in [3.8, 4) is 5.82 Å². The van der Waals surface area contributed by atoms with Gasteiger partial charge in [-0.25, -0.2) is 22.8 Å². The lowest BCUT2D eigenvalue weighted by Gasteiger charge is -2.14. The normalized spacial score (nSPS) is 11.6. The number of hydrogen-bond donors (Lipinski definition) is 2. The van der Waals surface area contributed by atoms with E-state index in [-0.39, 0.29) is 36.3 Å². The lowest BCUT2D eigenvalue weighted by molar-refractivity contribution is 0.599. The molecule has 0 spiro atoms. The minimum Gasteiger partial charge on any atom is -0.352 e. The van der Waals surface area contributed by atoms with Crippen molar-refractivity contribution in [3.63, 3.8) is 0 Å². The average molecular weight is 558 g/mol. The van der Waals surface area contributed by atoms with Crippen molar-refractivity contribution in [1.29, 1.82) is 0 Å². The molecular formula is C20H24FIN6O2S. The molecular weight excluding hydrogens is 534 g/mol. The highest BCUT2D eigenvalue weighted by molar-refractivity contribution is 14.0. The van der Waals surface area contributed by atoms with Crippen LogP contribution < -0.4 is 10.6 Å². The van der Waals surface area contributed by atoms with Crippen molar-refractivity contribution in [2.24, 2.45) is 4.99 Å². The maximum absolute atomic E-state index is 13.7. The van der Waals surface area contributed by atoms with E-state index in [1.807, 2.05) is 22.9 Å². The fourth-order valence-electron chi connectivity index (χ4n) is 2.87. The number of imidazole rings is 1. The molecule has 2 N–H and O–H groups in total. The van der Waals surface area contributed by atoms with Gasteiger partial charge in [0, 0.05) is 45.0 Å². The van der Waals surface area contributed by atoms with Crippen LogP contribution in [0.3, 0.4) is 0 Å². The van der Waals surface area contributed by atoms with Crippen LogP contribution in [-0.2, 0) is 28.7 Å². The molecule has 0 saturated carbocycles. The second-order valence-electron chi connectivity index (χ2n) is 6.75. The molecule has 11 heteroatoms. The Balaban J connectivity index is 0.00000341. The molecule has 31 heavy (non-hydrogen) atoms. The number of aliphatic imine (C=N–C) groups is 1. The van der Waals surface area contributed by atoms with Crippen LogP contribution in [0.25, 0.3) is 5.82 Å². The number of hydrogen-bond acceptors (Lipinski definition) is 5. The van der Waals surface area contributed by atoms with Gasteiger partial charge in [0.15, 0.2) is 15.8 Å². The summed E-state index contributed by atoms with van der Waals surface area (Å²) in [4.78, 5) is 12.5. The quantitative estimate of drug-likeness (QED) is 0.263. The first kappa shape index (κ1) is 24.7. The number of nitrogens with one attached hydrogen (secondary N) is 2. The zero-order valence-electron chi connectivity index (χ0n) is 17.1. The third kappa shape index (κ3) is 7.58. The van der Waals surface area contributed by atoms with Gasteiger partial charge in [-0.2, -0.15) is 0 Å². The van der Waals surface area contributed by atoms with E-state index in [1.54, 1.807) is 25.8 Å². The molecule has 166 valence electrons. The highest BCUT2D eigenvalue weighted by atomic mass is 127. The van der Waals surface area contributed by atoms with Gasteiger partial charge in [-0.3, -0.25) is 9.56 Å². The fourth-order valence-corrected chi connectivity index (χ4v) is 3.72. The molecule has 2 aromatic heterocycles. The number of sulfone groups is 1. The molecule has 0 amide bonds. The van der Waals surface area contributed by atoms with Gasteiger partial charge in [0.05, 0.1) is 5.75 Å². The van der Waals surface area contributed by atoms with Crippen LogP contribution in [0.2, 0.25) is 0 Å². The van der Waals surface area contributed by atoms with Gasteiger partial charge in [-0.15, -0.1) is 24.0 Å². The SMILES string of the molecule is CN=C(NCc1ccnc(-n2ccnc2)c1)NCc1cc(F)ccc1CS(C)(=O)=O.I. The van der Waals surface area contributed by atoms with Gasteiger partial charge in [0.2, 0.25) is 0 Å². The summed E-state index contributed by atoms with van der Waals surface area (Å²) in [6, 6.07) is 7.91. The molecule has 3 rings (SSSR count). The maximum atomic E-state index is 13.7. The van der Waals surface area contributed by atoms with E-state index in [9.17, 15) is 12.8 Å². The van der Waals surface area contributed by atoms with Crippen molar-refractivity contribution in [1.82, 2.24) is 25.2 Å². The monoisotopic (exact) mass is 558 g/mol. The minimum atomic E-state index is -3.23. The lowest BCUT2D eigenvalue weighted by Crippen LogP contribution is -2.36. The van der Waals surface area contributed by atoms with Gasteiger partial charge in [0.1, 0.15) is 18.0 Å². The second-order valence-corrected chi connectivity index (χ2v) is 8.89. The number of pyridine rings is 1. The Labute approximate surface area is 198 Å². The Hall–Kier alpha value is -2.54.